The highest BCUT2D eigenvalue weighted by atomic mass is 19.1. The van der Waals surface area contributed by atoms with Crippen LogP contribution in [0.5, 0.6) is 0 Å². The molecule has 0 bridgehead atoms. The molecule has 0 aliphatic carbocycles. The lowest BCUT2D eigenvalue weighted by Crippen LogP contribution is -2.61. The second-order valence-electron chi connectivity index (χ2n) is 12.4. The number of hydrogen-bond acceptors (Lipinski definition) is 8. The van der Waals surface area contributed by atoms with Crippen LogP contribution < -0.4 is 21.7 Å². The van der Waals surface area contributed by atoms with E-state index in [0.717, 1.165) is 5.56 Å². The molecule has 1 aliphatic heterocycles. The molecule has 248 valence electrons. The fraction of sp³-hybridized carbons (Fsp3) is 0.400. The zero-order valence-corrected chi connectivity index (χ0v) is 27.0. The van der Waals surface area contributed by atoms with Crippen molar-refractivity contribution in [3.05, 3.63) is 83.2 Å². The van der Waals surface area contributed by atoms with E-state index in [2.05, 4.69) is 22.0 Å². The van der Waals surface area contributed by atoms with Gasteiger partial charge in [0, 0.05) is 25.2 Å². The van der Waals surface area contributed by atoms with E-state index in [1.807, 2.05) is 12.1 Å². The molecule has 2 atom stereocenters. The third kappa shape index (κ3) is 9.73. The Hall–Kier alpha value is -5.02. The van der Waals surface area contributed by atoms with Crippen LogP contribution >= 0.6 is 0 Å². The van der Waals surface area contributed by atoms with Crippen LogP contribution in [0.25, 0.3) is 11.3 Å². The molecular formula is C35H42FN7O4. The van der Waals surface area contributed by atoms with Crippen LogP contribution in [-0.2, 0) is 16.0 Å². The summed E-state index contributed by atoms with van der Waals surface area (Å²) in [5.41, 5.74) is 7.63. The largest absolute Gasteiger partial charge is 0.444 e. The normalized spacial score (nSPS) is 14.7. The SMILES string of the molecule is CC(C)(C)OC(=O)N[C@@H](CCCN)C(=O)N1CC[C@@H]1CNC(=O)c1ccc(-c2ccccc2C#N)nc1NCCc1cccc(F)c1. The molecular weight excluding hydrogens is 601 g/mol. The minimum atomic E-state index is -0.797. The van der Waals surface area contributed by atoms with Gasteiger partial charge >= 0.3 is 6.09 Å². The number of alkyl carbamates (subject to hydrolysis) is 1. The van der Waals surface area contributed by atoms with E-state index in [0.29, 0.717) is 68.0 Å². The Bertz CT molecular complexity index is 1620. The molecule has 1 aromatic heterocycles. The zero-order valence-electron chi connectivity index (χ0n) is 27.0. The molecule has 2 heterocycles. The lowest BCUT2D eigenvalue weighted by molar-refractivity contribution is -0.141. The first-order valence-corrected chi connectivity index (χ1v) is 15.8. The van der Waals surface area contributed by atoms with Crippen LogP contribution in [0, 0.1) is 17.1 Å². The molecule has 47 heavy (non-hydrogen) atoms. The maximum atomic E-state index is 13.7. The standard InChI is InChI=1S/C35H42FN7O4/c1-35(2,3)47-34(46)42-30(12-7-17-37)33(45)43-19-16-26(43)22-40-32(44)28-13-14-29(27-11-5-4-9-24(27)21-38)41-31(28)39-18-15-23-8-6-10-25(36)20-23/h4-6,8-11,13-14,20,26,30H,7,12,15-19,22,37H2,1-3H3,(H,39,41)(H,40,44)(H,42,46)/t26-,30+/m1/s1. The van der Waals surface area contributed by atoms with Gasteiger partial charge in [0.15, 0.2) is 0 Å². The number of ether oxygens (including phenoxy) is 1. The molecule has 3 aromatic rings. The fourth-order valence-electron chi connectivity index (χ4n) is 5.23. The van der Waals surface area contributed by atoms with Gasteiger partial charge in [0.05, 0.1) is 28.9 Å². The highest BCUT2D eigenvalue weighted by Gasteiger charge is 2.37. The molecule has 5 N–H and O–H groups in total. The average Bonchev–Trinajstić information content (AvgIpc) is 3.01. The summed E-state index contributed by atoms with van der Waals surface area (Å²) in [7, 11) is 0. The summed E-state index contributed by atoms with van der Waals surface area (Å²) in [6.07, 6.45) is 1.40. The first kappa shape index (κ1) is 34.8. The van der Waals surface area contributed by atoms with Gasteiger partial charge in [-0.2, -0.15) is 5.26 Å². The summed E-state index contributed by atoms with van der Waals surface area (Å²) in [4.78, 5) is 45.7. The molecule has 0 saturated carbocycles. The molecule has 1 saturated heterocycles. The third-order valence-electron chi connectivity index (χ3n) is 7.67. The Balaban J connectivity index is 1.46. The Labute approximate surface area is 274 Å². The Morgan fingerprint density at radius 1 is 1.15 bits per heavy atom. The highest BCUT2D eigenvalue weighted by Crippen LogP contribution is 2.26. The number of pyridine rings is 1. The number of nitrogens with two attached hydrogens (primary N) is 1. The van der Waals surface area contributed by atoms with E-state index in [1.165, 1.54) is 12.1 Å². The van der Waals surface area contributed by atoms with Gasteiger partial charge in [-0.25, -0.2) is 14.2 Å². The fourth-order valence-corrected chi connectivity index (χ4v) is 5.23. The minimum Gasteiger partial charge on any atom is -0.444 e. The average molecular weight is 644 g/mol. The van der Waals surface area contributed by atoms with Crippen molar-refractivity contribution >= 4 is 23.7 Å². The van der Waals surface area contributed by atoms with Crippen molar-refractivity contribution < 1.29 is 23.5 Å². The van der Waals surface area contributed by atoms with Gasteiger partial charge in [0.25, 0.3) is 5.91 Å². The highest BCUT2D eigenvalue weighted by molar-refractivity contribution is 5.99. The Morgan fingerprint density at radius 2 is 1.94 bits per heavy atom. The molecule has 1 aliphatic rings. The lowest BCUT2D eigenvalue weighted by Gasteiger charge is -2.43. The number of anilines is 1. The van der Waals surface area contributed by atoms with E-state index < -0.39 is 23.6 Å². The number of rotatable bonds is 13. The number of aromatic nitrogens is 1. The second-order valence-corrected chi connectivity index (χ2v) is 12.4. The van der Waals surface area contributed by atoms with Crippen LogP contribution in [0.15, 0.2) is 60.7 Å². The van der Waals surface area contributed by atoms with E-state index in [4.69, 9.17) is 15.5 Å². The topological polar surface area (TPSA) is 162 Å². The quantitative estimate of drug-likeness (QED) is 0.213. The van der Waals surface area contributed by atoms with Crippen molar-refractivity contribution in [3.8, 4) is 17.3 Å². The monoisotopic (exact) mass is 643 g/mol. The summed E-state index contributed by atoms with van der Waals surface area (Å²) in [5.74, 6) is -0.659. The van der Waals surface area contributed by atoms with Crippen molar-refractivity contribution in [2.45, 2.75) is 64.1 Å². The summed E-state index contributed by atoms with van der Waals surface area (Å²) < 4.78 is 19.1. The first-order valence-electron chi connectivity index (χ1n) is 15.8. The molecule has 0 spiro atoms. The zero-order chi connectivity index (χ0) is 34.0. The van der Waals surface area contributed by atoms with Gasteiger partial charge < -0.3 is 31.3 Å². The molecule has 12 heteroatoms. The van der Waals surface area contributed by atoms with Crippen molar-refractivity contribution in [2.24, 2.45) is 5.73 Å². The maximum absolute atomic E-state index is 13.7. The number of nitriles is 1. The molecule has 2 aromatic carbocycles. The van der Waals surface area contributed by atoms with Crippen LogP contribution in [0.2, 0.25) is 0 Å². The summed E-state index contributed by atoms with van der Waals surface area (Å²) >= 11 is 0. The van der Waals surface area contributed by atoms with Gasteiger partial charge in [0.2, 0.25) is 5.91 Å². The molecule has 1 fully saturated rings. The predicted molar refractivity (Wildman–Crippen MR) is 177 cm³/mol. The molecule has 0 unspecified atom stereocenters. The minimum absolute atomic E-state index is 0.197. The summed E-state index contributed by atoms with van der Waals surface area (Å²) in [6, 6.07) is 17.8. The van der Waals surface area contributed by atoms with Gasteiger partial charge in [-0.1, -0.05) is 30.3 Å². The first-order chi connectivity index (χ1) is 22.5. The van der Waals surface area contributed by atoms with E-state index in [-0.39, 0.29) is 29.9 Å². The van der Waals surface area contributed by atoms with Crippen molar-refractivity contribution in [1.29, 1.82) is 5.26 Å². The predicted octanol–water partition coefficient (Wildman–Crippen LogP) is 4.38. The maximum Gasteiger partial charge on any atom is 0.408 e. The number of carbonyl (C=O) groups excluding carboxylic acids is 3. The van der Waals surface area contributed by atoms with Crippen LogP contribution in [-0.4, -0.2) is 71.7 Å². The van der Waals surface area contributed by atoms with E-state index in [1.54, 1.807) is 62.1 Å². The van der Waals surface area contributed by atoms with Crippen LogP contribution in [0.1, 0.15) is 61.5 Å². The van der Waals surface area contributed by atoms with E-state index in [9.17, 15) is 24.0 Å². The number of halogens is 1. The van der Waals surface area contributed by atoms with Crippen molar-refractivity contribution in [2.75, 3.05) is 31.5 Å². The van der Waals surface area contributed by atoms with Crippen molar-refractivity contribution in [1.82, 2.24) is 20.5 Å². The number of amides is 3. The number of hydrogen-bond donors (Lipinski definition) is 4. The van der Waals surface area contributed by atoms with E-state index >= 15 is 0 Å². The Morgan fingerprint density at radius 3 is 2.62 bits per heavy atom. The lowest BCUT2D eigenvalue weighted by atomic mass is 9.99. The van der Waals surface area contributed by atoms with Crippen LogP contribution in [0.3, 0.4) is 0 Å². The number of carbonyl (C=O) groups is 3. The summed E-state index contributed by atoms with van der Waals surface area (Å²) in [6.45, 7) is 6.68. The second kappa shape index (κ2) is 16.0. The number of likely N-dealkylation sites (tertiary alicyclic amines) is 1. The molecule has 11 nitrogen and oxygen atoms in total. The van der Waals surface area contributed by atoms with Gasteiger partial charge in [0.1, 0.15) is 23.3 Å². The van der Waals surface area contributed by atoms with Gasteiger partial charge in [-0.3, -0.25) is 9.59 Å². The van der Waals surface area contributed by atoms with Crippen LogP contribution in [0.4, 0.5) is 15.0 Å². The molecule has 0 radical (unpaired) electrons. The summed E-state index contributed by atoms with van der Waals surface area (Å²) in [5, 5.41) is 18.4. The third-order valence-corrected chi connectivity index (χ3v) is 7.67. The van der Waals surface area contributed by atoms with Gasteiger partial charge in [-0.15, -0.1) is 0 Å². The number of nitrogens with one attached hydrogen (secondary N) is 3. The molecule has 3 amide bonds. The number of benzene rings is 2. The number of nitrogens with zero attached hydrogens (tertiary/aromatic N) is 3. The smallest absolute Gasteiger partial charge is 0.408 e. The van der Waals surface area contributed by atoms with Crippen molar-refractivity contribution in [3.63, 3.8) is 0 Å². The molecule has 4 rings (SSSR count). The Kier molecular flexibility index (Phi) is 11.9. The van der Waals surface area contributed by atoms with Gasteiger partial charge in [-0.05, 0) is 88.9 Å².